The van der Waals surface area contributed by atoms with Crippen molar-refractivity contribution in [3.05, 3.63) is 59.4 Å². The van der Waals surface area contributed by atoms with Crippen molar-refractivity contribution in [2.75, 3.05) is 13.7 Å². The summed E-state index contributed by atoms with van der Waals surface area (Å²) < 4.78 is 21.6. The lowest BCUT2D eigenvalue weighted by Crippen LogP contribution is -2.35. The van der Waals surface area contributed by atoms with Gasteiger partial charge in [-0.1, -0.05) is 12.1 Å². The van der Waals surface area contributed by atoms with Crippen LogP contribution in [0.2, 0.25) is 0 Å². The van der Waals surface area contributed by atoms with Crippen LogP contribution in [-0.4, -0.2) is 31.7 Å². The van der Waals surface area contributed by atoms with Crippen LogP contribution in [0.3, 0.4) is 0 Å². The van der Waals surface area contributed by atoms with Gasteiger partial charge in [-0.3, -0.25) is 4.79 Å². The van der Waals surface area contributed by atoms with Crippen LogP contribution in [0.1, 0.15) is 35.5 Å². The standard InChI is InChI=1S/C23H25NO6/c1-5-28-18-10-11-20-19(12-18)14(2)21(30-20)23(26)29-15(3)22(25)24-13-16-6-8-17(27-4)9-7-16/h6-12,15H,5,13H2,1-4H3,(H,24,25)/t15-/m0/s1. The van der Waals surface area contributed by atoms with Crippen LogP contribution in [0.4, 0.5) is 0 Å². The maximum absolute atomic E-state index is 12.6. The van der Waals surface area contributed by atoms with E-state index in [0.717, 1.165) is 16.7 Å². The van der Waals surface area contributed by atoms with Crippen molar-refractivity contribution >= 4 is 22.8 Å². The van der Waals surface area contributed by atoms with Gasteiger partial charge in [-0.25, -0.2) is 4.79 Å². The molecule has 0 aliphatic carbocycles. The minimum Gasteiger partial charge on any atom is -0.497 e. The van der Waals surface area contributed by atoms with E-state index in [-0.39, 0.29) is 5.76 Å². The summed E-state index contributed by atoms with van der Waals surface area (Å²) in [4.78, 5) is 24.9. The Hall–Kier alpha value is -3.48. The van der Waals surface area contributed by atoms with E-state index in [9.17, 15) is 9.59 Å². The van der Waals surface area contributed by atoms with Crippen molar-refractivity contribution in [2.45, 2.75) is 33.4 Å². The van der Waals surface area contributed by atoms with Crippen LogP contribution in [-0.2, 0) is 16.1 Å². The van der Waals surface area contributed by atoms with E-state index < -0.39 is 18.0 Å². The maximum atomic E-state index is 12.6. The fraction of sp³-hybridized carbons (Fsp3) is 0.304. The first-order chi connectivity index (χ1) is 14.4. The fourth-order valence-electron chi connectivity index (χ4n) is 3.00. The second-order valence-electron chi connectivity index (χ2n) is 6.76. The number of hydrogen-bond acceptors (Lipinski definition) is 6. The average molecular weight is 411 g/mol. The zero-order chi connectivity index (χ0) is 21.7. The summed E-state index contributed by atoms with van der Waals surface area (Å²) in [5.74, 6) is 0.427. The zero-order valence-corrected chi connectivity index (χ0v) is 17.5. The Labute approximate surface area is 174 Å². The van der Waals surface area contributed by atoms with E-state index in [0.29, 0.717) is 30.0 Å². The molecule has 0 spiro atoms. The predicted octanol–water partition coefficient (Wildman–Crippen LogP) is 4.01. The molecule has 0 aliphatic heterocycles. The summed E-state index contributed by atoms with van der Waals surface area (Å²) >= 11 is 0. The van der Waals surface area contributed by atoms with E-state index in [1.54, 1.807) is 26.2 Å². The first-order valence-corrected chi connectivity index (χ1v) is 9.70. The summed E-state index contributed by atoms with van der Waals surface area (Å²) in [6, 6.07) is 12.7. The summed E-state index contributed by atoms with van der Waals surface area (Å²) in [5.41, 5.74) is 2.10. The number of furan rings is 1. The van der Waals surface area contributed by atoms with Crippen LogP contribution in [0, 0.1) is 6.92 Å². The van der Waals surface area contributed by atoms with Crippen molar-refractivity contribution in [1.29, 1.82) is 0 Å². The molecule has 3 aromatic rings. The number of nitrogens with one attached hydrogen (secondary N) is 1. The van der Waals surface area contributed by atoms with Gasteiger partial charge in [0, 0.05) is 17.5 Å². The van der Waals surface area contributed by atoms with Crippen molar-refractivity contribution < 1.29 is 28.2 Å². The first-order valence-electron chi connectivity index (χ1n) is 9.70. The topological polar surface area (TPSA) is 87.0 Å². The molecule has 2 aromatic carbocycles. The molecule has 0 fully saturated rings. The number of methoxy groups -OCH3 is 1. The van der Waals surface area contributed by atoms with Crippen molar-refractivity contribution in [2.24, 2.45) is 0 Å². The Balaban J connectivity index is 1.62. The molecule has 7 nitrogen and oxygen atoms in total. The number of hydrogen-bond donors (Lipinski definition) is 1. The lowest BCUT2D eigenvalue weighted by atomic mass is 10.1. The minimum atomic E-state index is -0.970. The maximum Gasteiger partial charge on any atom is 0.375 e. The highest BCUT2D eigenvalue weighted by molar-refractivity contribution is 5.97. The number of amides is 1. The molecule has 1 N–H and O–H groups in total. The van der Waals surface area contributed by atoms with Crippen LogP contribution >= 0.6 is 0 Å². The van der Waals surface area contributed by atoms with Gasteiger partial charge in [0.25, 0.3) is 5.91 Å². The van der Waals surface area contributed by atoms with Gasteiger partial charge in [0.1, 0.15) is 17.1 Å². The second-order valence-corrected chi connectivity index (χ2v) is 6.76. The summed E-state index contributed by atoms with van der Waals surface area (Å²) in [5, 5.41) is 3.52. The molecule has 3 rings (SSSR count). The summed E-state index contributed by atoms with van der Waals surface area (Å²) in [6.45, 7) is 6.05. The quantitative estimate of drug-likeness (QED) is 0.564. The normalized spacial score (nSPS) is 11.7. The number of aryl methyl sites for hydroxylation is 1. The van der Waals surface area contributed by atoms with Crippen LogP contribution in [0.15, 0.2) is 46.9 Å². The molecule has 7 heteroatoms. The Kier molecular flexibility index (Phi) is 6.61. The molecule has 1 heterocycles. The molecule has 0 bridgehead atoms. The van der Waals surface area contributed by atoms with Gasteiger partial charge in [-0.15, -0.1) is 0 Å². The smallest absolute Gasteiger partial charge is 0.375 e. The number of fused-ring (bicyclic) bond motifs is 1. The van der Waals surface area contributed by atoms with Crippen molar-refractivity contribution in [3.8, 4) is 11.5 Å². The fourth-order valence-corrected chi connectivity index (χ4v) is 3.00. The molecule has 0 radical (unpaired) electrons. The van der Waals surface area contributed by atoms with E-state index in [4.69, 9.17) is 18.6 Å². The Morgan fingerprint density at radius 3 is 2.47 bits per heavy atom. The molecule has 0 unspecified atom stereocenters. The van der Waals surface area contributed by atoms with E-state index in [1.807, 2.05) is 37.3 Å². The monoisotopic (exact) mass is 411 g/mol. The lowest BCUT2D eigenvalue weighted by Gasteiger charge is -2.13. The number of rotatable bonds is 8. The highest BCUT2D eigenvalue weighted by Crippen LogP contribution is 2.29. The van der Waals surface area contributed by atoms with Gasteiger partial charge in [0.2, 0.25) is 5.76 Å². The van der Waals surface area contributed by atoms with Gasteiger partial charge < -0.3 is 23.9 Å². The van der Waals surface area contributed by atoms with E-state index >= 15 is 0 Å². The largest absolute Gasteiger partial charge is 0.497 e. The number of esters is 1. The highest BCUT2D eigenvalue weighted by Gasteiger charge is 2.24. The Bertz CT molecular complexity index is 1040. The number of carbonyl (C=O) groups is 2. The third-order valence-corrected chi connectivity index (χ3v) is 4.68. The Morgan fingerprint density at radius 2 is 1.80 bits per heavy atom. The zero-order valence-electron chi connectivity index (χ0n) is 17.5. The molecule has 1 atom stereocenters. The van der Waals surface area contributed by atoms with Crippen LogP contribution < -0.4 is 14.8 Å². The molecule has 1 aromatic heterocycles. The third-order valence-electron chi connectivity index (χ3n) is 4.68. The van der Waals surface area contributed by atoms with Crippen molar-refractivity contribution in [3.63, 3.8) is 0 Å². The number of ether oxygens (including phenoxy) is 3. The van der Waals surface area contributed by atoms with Gasteiger partial charge in [0.05, 0.1) is 13.7 Å². The van der Waals surface area contributed by atoms with Gasteiger partial charge in [0.15, 0.2) is 6.10 Å². The summed E-state index contributed by atoms with van der Waals surface area (Å²) in [6.07, 6.45) is -0.970. The molecule has 158 valence electrons. The Morgan fingerprint density at radius 1 is 1.10 bits per heavy atom. The molecular formula is C23H25NO6. The lowest BCUT2D eigenvalue weighted by molar-refractivity contribution is -0.129. The summed E-state index contributed by atoms with van der Waals surface area (Å²) in [7, 11) is 1.59. The van der Waals surface area contributed by atoms with Gasteiger partial charge >= 0.3 is 5.97 Å². The average Bonchev–Trinajstić information content (AvgIpc) is 3.08. The SMILES string of the molecule is CCOc1ccc2oc(C(=O)O[C@@H](C)C(=O)NCc3ccc(OC)cc3)c(C)c2c1. The molecule has 30 heavy (non-hydrogen) atoms. The highest BCUT2D eigenvalue weighted by atomic mass is 16.6. The molecule has 0 saturated heterocycles. The van der Waals surface area contributed by atoms with E-state index in [2.05, 4.69) is 5.32 Å². The van der Waals surface area contributed by atoms with Gasteiger partial charge in [-0.2, -0.15) is 0 Å². The van der Waals surface area contributed by atoms with E-state index in [1.165, 1.54) is 6.92 Å². The number of benzene rings is 2. The van der Waals surface area contributed by atoms with Crippen LogP contribution in [0.25, 0.3) is 11.0 Å². The van der Waals surface area contributed by atoms with Crippen molar-refractivity contribution in [1.82, 2.24) is 5.32 Å². The molecule has 1 amide bonds. The van der Waals surface area contributed by atoms with Gasteiger partial charge in [-0.05, 0) is 56.7 Å². The molecule has 0 saturated carbocycles. The third kappa shape index (κ3) is 4.74. The first kappa shape index (κ1) is 21.2. The van der Waals surface area contributed by atoms with Crippen LogP contribution in [0.5, 0.6) is 11.5 Å². The minimum absolute atomic E-state index is 0.0773. The number of carbonyl (C=O) groups excluding carboxylic acids is 2. The molecule has 0 aliphatic rings. The molecular weight excluding hydrogens is 386 g/mol. The second kappa shape index (κ2) is 9.35. The predicted molar refractivity (Wildman–Crippen MR) is 112 cm³/mol.